The van der Waals surface area contributed by atoms with Gasteiger partial charge in [0.2, 0.25) is 30.1 Å². The number of rotatable bonds is 28. The highest BCUT2D eigenvalue weighted by Crippen LogP contribution is 2.37. The van der Waals surface area contributed by atoms with Gasteiger partial charge in [0.05, 0.1) is 52.7 Å². The van der Waals surface area contributed by atoms with Gasteiger partial charge in [-0.15, -0.1) is 0 Å². The minimum Gasteiger partial charge on any atom is -0.483 e. The number of sulfonamides is 3. The van der Waals surface area contributed by atoms with Crippen LogP contribution >= 0.6 is 0 Å². The van der Waals surface area contributed by atoms with Crippen LogP contribution < -0.4 is 39.8 Å². The number of esters is 2. The lowest BCUT2D eigenvalue weighted by atomic mass is 10.1. The number of ketones is 2. The predicted molar refractivity (Wildman–Crippen MR) is 358 cm³/mol. The van der Waals surface area contributed by atoms with Crippen molar-refractivity contribution in [1.82, 2.24) is 27.9 Å². The van der Waals surface area contributed by atoms with E-state index in [2.05, 4.69) is 14.0 Å². The van der Waals surface area contributed by atoms with E-state index in [-0.39, 0.29) is 33.4 Å². The summed E-state index contributed by atoms with van der Waals surface area (Å²) in [6.45, 7) is 4.69. The molecule has 0 fully saturated rings. The summed E-state index contributed by atoms with van der Waals surface area (Å²) in [6, 6.07) is 45.8. The van der Waals surface area contributed by atoms with Crippen LogP contribution in [0.4, 0.5) is 0 Å². The molecule has 0 radical (unpaired) electrons. The number of nitrogens with zero attached hydrogens (tertiary/aromatic N) is 3. The van der Waals surface area contributed by atoms with Crippen molar-refractivity contribution in [3.8, 4) is 17.2 Å². The molecule has 6 aromatic carbocycles. The number of aromatic nitrogens is 3. The van der Waals surface area contributed by atoms with Crippen LogP contribution in [-0.4, -0.2) is 154 Å². The molecule has 0 spiro atoms. The fraction of sp³-hybridized carbons (Fsp3) is 0.212. The standard InChI is InChI=1S/C23H23N3O8S.C22H21N3O8S.C21H22N2O6S/c1-14-20(22(29)23(24)30)21-16(26(14)11-15-7-4-3-5-8-15)9-6-10-17(21)34-12-18(27)25-35(31,32)13-19(28)33-2;1-13-19(21(29)22(23)30)20-15(25(13)10-14-6-3-2-4-7-14)8-5-9-16(20)33-11-17(26)24-34(31,32)12-18(27)28;1-15-11-17-18(23(15)12-16-7-4-3-5-8-16)9-6-10-19(17)29-13-20(24)22-30(26,27)14-21(25)28-2/h3-10H,11-13H2,1-2H3,(H2,24,30)(H,25,27);2-9H,10-12H2,1H3,(H2,23,30)(H,24,26)(H,27,28);3-11H,12-14H2,1-2H3,(H,22,24). The number of hydrogen-bond acceptors (Lipinski definition) is 21. The number of nitrogens with two attached hydrogens (primary N) is 2. The Bertz CT molecular complexity index is 4960. The molecule has 5 amide bonds. The van der Waals surface area contributed by atoms with E-state index in [0.29, 0.717) is 47.8 Å². The van der Waals surface area contributed by atoms with Gasteiger partial charge in [0.25, 0.3) is 41.1 Å². The van der Waals surface area contributed by atoms with Gasteiger partial charge in [-0.3, -0.25) is 47.9 Å². The van der Waals surface area contributed by atoms with Gasteiger partial charge in [0.15, 0.2) is 37.1 Å². The maximum atomic E-state index is 12.7. The number of carbonyl (C=O) groups excluding carboxylic acids is 9. The number of primary amides is 2. The molecule has 0 unspecified atom stereocenters. The zero-order chi connectivity index (χ0) is 72.5. The lowest BCUT2D eigenvalue weighted by Crippen LogP contribution is -2.38. The Labute approximate surface area is 565 Å². The fourth-order valence-electron chi connectivity index (χ4n) is 10.2. The number of amides is 5. The van der Waals surface area contributed by atoms with Gasteiger partial charge in [0.1, 0.15) is 17.2 Å². The van der Waals surface area contributed by atoms with Gasteiger partial charge < -0.3 is 54.0 Å². The van der Waals surface area contributed by atoms with E-state index in [4.69, 9.17) is 30.8 Å². The third-order valence-corrected chi connectivity index (χ3v) is 17.9. The second-order valence-electron chi connectivity index (χ2n) is 21.6. The number of fused-ring (bicyclic) bond motifs is 3. The molecule has 0 saturated heterocycles. The third-order valence-electron chi connectivity index (χ3n) is 14.5. The number of carbonyl (C=O) groups is 10. The van der Waals surface area contributed by atoms with E-state index in [1.54, 1.807) is 62.9 Å². The number of aryl methyl sites for hydroxylation is 1. The van der Waals surface area contributed by atoms with Crippen molar-refractivity contribution >= 4 is 122 Å². The van der Waals surface area contributed by atoms with E-state index in [0.717, 1.165) is 47.5 Å². The number of carboxylic acids is 1. The molecule has 0 aliphatic rings. The first-order chi connectivity index (χ1) is 46.8. The maximum absolute atomic E-state index is 12.7. The summed E-state index contributed by atoms with van der Waals surface area (Å²) in [5.74, 6) is -13.6. The first-order valence-corrected chi connectivity index (χ1v) is 34.2. The minimum atomic E-state index is -4.40. The van der Waals surface area contributed by atoms with Gasteiger partial charge in [-0.05, 0) is 79.9 Å². The normalized spacial score (nSPS) is 11.2. The van der Waals surface area contributed by atoms with Crippen LogP contribution in [0.2, 0.25) is 0 Å². The molecule has 520 valence electrons. The molecular weight excluding hydrogens is 1350 g/mol. The summed E-state index contributed by atoms with van der Waals surface area (Å²) in [4.78, 5) is 118. The second kappa shape index (κ2) is 32.8. The summed E-state index contributed by atoms with van der Waals surface area (Å²) < 4.78 is 107. The van der Waals surface area contributed by atoms with Gasteiger partial charge >= 0.3 is 17.9 Å². The van der Waals surface area contributed by atoms with Gasteiger partial charge in [-0.2, -0.15) is 0 Å². The first kappa shape index (κ1) is 74.7. The molecule has 99 heavy (non-hydrogen) atoms. The van der Waals surface area contributed by atoms with Crippen molar-refractivity contribution in [3.05, 3.63) is 197 Å². The first-order valence-electron chi connectivity index (χ1n) is 29.3. The Kier molecular flexibility index (Phi) is 24.8. The number of carboxylic acid groups (broad SMARTS) is 1. The highest BCUT2D eigenvalue weighted by atomic mass is 32.2. The second-order valence-corrected chi connectivity index (χ2v) is 26.7. The van der Waals surface area contributed by atoms with Crippen molar-refractivity contribution in [2.45, 2.75) is 40.4 Å². The predicted octanol–water partition coefficient (Wildman–Crippen LogP) is 3.24. The van der Waals surface area contributed by atoms with Gasteiger partial charge in [0, 0.05) is 42.1 Å². The van der Waals surface area contributed by atoms with E-state index in [1.165, 1.54) is 12.1 Å². The van der Waals surface area contributed by atoms with E-state index in [9.17, 15) is 73.2 Å². The Morgan fingerprint density at radius 2 is 0.747 bits per heavy atom. The van der Waals surface area contributed by atoms with Crippen molar-refractivity contribution < 1.29 is 102 Å². The van der Waals surface area contributed by atoms with Crippen LogP contribution in [-0.2, 0) is 97.5 Å². The molecular formula is C66H66N8O22S3. The van der Waals surface area contributed by atoms with Crippen LogP contribution in [0, 0.1) is 20.8 Å². The van der Waals surface area contributed by atoms with Crippen molar-refractivity contribution in [3.63, 3.8) is 0 Å². The van der Waals surface area contributed by atoms with Crippen molar-refractivity contribution in [2.24, 2.45) is 11.5 Å². The Morgan fingerprint density at radius 3 is 1.09 bits per heavy atom. The average Bonchev–Trinajstić information content (AvgIpc) is 1.61. The van der Waals surface area contributed by atoms with Crippen LogP contribution in [0.5, 0.6) is 17.2 Å². The Morgan fingerprint density at radius 1 is 0.424 bits per heavy atom. The van der Waals surface area contributed by atoms with Crippen LogP contribution in [0.3, 0.4) is 0 Å². The number of Topliss-reactive ketones (excluding diaryl/α,β-unsaturated/α-hetero) is 2. The quantitative estimate of drug-likeness (QED) is 0.0233. The van der Waals surface area contributed by atoms with Crippen molar-refractivity contribution in [1.29, 1.82) is 0 Å². The molecule has 3 aromatic heterocycles. The molecule has 3 heterocycles. The molecule has 0 aliphatic heterocycles. The number of ether oxygens (including phenoxy) is 5. The largest absolute Gasteiger partial charge is 0.483 e. The number of aliphatic carboxylic acids is 1. The number of nitrogens with one attached hydrogen (secondary N) is 3. The van der Waals surface area contributed by atoms with Crippen LogP contribution in [0.25, 0.3) is 32.7 Å². The zero-order valence-corrected chi connectivity index (χ0v) is 56.0. The smallest absolute Gasteiger partial charge is 0.322 e. The summed E-state index contributed by atoms with van der Waals surface area (Å²) >= 11 is 0. The summed E-state index contributed by atoms with van der Waals surface area (Å²) in [5, 5.41) is 9.93. The lowest BCUT2D eigenvalue weighted by molar-refractivity contribution is -0.138. The van der Waals surface area contributed by atoms with E-state index >= 15 is 0 Å². The Balaban J connectivity index is 0.000000209. The molecule has 8 N–H and O–H groups in total. The topological polar surface area (TPSA) is 442 Å². The third kappa shape index (κ3) is 20.0. The molecule has 0 bridgehead atoms. The van der Waals surface area contributed by atoms with E-state index < -0.39 is 126 Å². The average molecular weight is 1420 g/mol. The number of benzene rings is 6. The Hall–Kier alpha value is -11.7. The van der Waals surface area contributed by atoms with Gasteiger partial charge in [-0.1, -0.05) is 109 Å². The molecule has 9 aromatic rings. The minimum absolute atomic E-state index is 0.00735. The van der Waals surface area contributed by atoms with E-state index in [1.807, 2.05) is 121 Å². The summed E-state index contributed by atoms with van der Waals surface area (Å²) in [6.07, 6.45) is 0. The van der Waals surface area contributed by atoms with Gasteiger partial charge in [-0.25, -0.2) is 39.4 Å². The number of methoxy groups -OCH3 is 2. The summed E-state index contributed by atoms with van der Waals surface area (Å²) in [7, 11) is -10.7. The fourth-order valence-corrected chi connectivity index (χ4v) is 12.8. The van der Waals surface area contributed by atoms with Crippen LogP contribution in [0.1, 0.15) is 54.5 Å². The molecule has 30 nitrogen and oxygen atoms in total. The molecule has 33 heteroatoms. The maximum Gasteiger partial charge on any atom is 0.322 e. The number of hydrogen-bond donors (Lipinski definition) is 6. The SMILES string of the molecule is COC(=O)CS(=O)(=O)NC(=O)COc1cccc2c1c(C(=O)C(N)=O)c(C)n2Cc1ccccc1.COC(=O)CS(=O)(=O)NC(=O)COc1cccc2c1cc(C)n2Cc1ccccc1.Cc1c(C(=O)C(N)=O)c2c(OCC(=O)NS(=O)(=O)CC(=O)O)cccc2n1Cc1ccccc1. The molecule has 0 atom stereocenters. The van der Waals surface area contributed by atoms with Crippen LogP contribution in [0.15, 0.2) is 152 Å². The summed E-state index contributed by atoms with van der Waals surface area (Å²) in [5.41, 5.74) is 17.5. The highest BCUT2D eigenvalue weighted by Gasteiger charge is 2.30. The molecule has 9 rings (SSSR count). The molecule has 0 saturated carbocycles. The zero-order valence-electron chi connectivity index (χ0n) is 53.5. The van der Waals surface area contributed by atoms with Crippen molar-refractivity contribution in [2.75, 3.05) is 51.3 Å². The lowest BCUT2D eigenvalue weighted by Gasteiger charge is -2.10. The molecule has 0 aliphatic carbocycles. The highest BCUT2D eigenvalue weighted by molar-refractivity contribution is 7.91. The monoisotopic (exact) mass is 1420 g/mol.